The van der Waals surface area contributed by atoms with Crippen molar-refractivity contribution in [1.29, 1.82) is 0 Å². The molecule has 0 unspecified atom stereocenters. The summed E-state index contributed by atoms with van der Waals surface area (Å²) in [6, 6.07) is 0. The summed E-state index contributed by atoms with van der Waals surface area (Å²) in [4.78, 5) is 12.1. The second-order valence-corrected chi connectivity index (χ2v) is 6.91. The lowest BCUT2D eigenvalue weighted by Crippen LogP contribution is -2.33. The Balaban J connectivity index is 1.91. The van der Waals surface area contributed by atoms with Crippen LogP contribution in [-0.2, 0) is 7.05 Å². The lowest BCUT2D eigenvalue weighted by molar-refractivity contribution is 0.769. The SMILES string of the molecule is Cc1nn(C)c2c(N3CCSCC3)nc(C3CC3)nc12. The van der Waals surface area contributed by atoms with E-state index < -0.39 is 0 Å². The quantitative estimate of drug-likeness (QED) is 0.847. The molecule has 2 aliphatic rings. The minimum Gasteiger partial charge on any atom is -0.353 e. The second kappa shape index (κ2) is 4.62. The fourth-order valence-electron chi connectivity index (χ4n) is 2.85. The predicted molar refractivity (Wildman–Crippen MR) is 82.6 cm³/mol. The van der Waals surface area contributed by atoms with Crippen LogP contribution in [0, 0.1) is 6.92 Å². The first-order chi connectivity index (χ1) is 9.74. The summed E-state index contributed by atoms with van der Waals surface area (Å²) in [5, 5.41) is 4.55. The average molecular weight is 289 g/mol. The van der Waals surface area contributed by atoms with Crippen LogP contribution in [0.3, 0.4) is 0 Å². The molecule has 1 aliphatic carbocycles. The number of aryl methyl sites for hydroxylation is 2. The number of nitrogens with zero attached hydrogens (tertiary/aromatic N) is 5. The summed E-state index contributed by atoms with van der Waals surface area (Å²) in [6.07, 6.45) is 2.47. The number of thioether (sulfide) groups is 1. The monoisotopic (exact) mass is 289 g/mol. The van der Waals surface area contributed by atoms with Crippen molar-refractivity contribution >= 4 is 28.6 Å². The molecule has 2 fully saturated rings. The Morgan fingerprint density at radius 3 is 2.60 bits per heavy atom. The summed E-state index contributed by atoms with van der Waals surface area (Å²) >= 11 is 2.02. The smallest absolute Gasteiger partial charge is 0.158 e. The van der Waals surface area contributed by atoms with Gasteiger partial charge in [0.05, 0.1) is 5.69 Å². The van der Waals surface area contributed by atoms with E-state index in [-0.39, 0.29) is 0 Å². The molecule has 0 spiro atoms. The van der Waals surface area contributed by atoms with Gasteiger partial charge >= 0.3 is 0 Å². The molecule has 5 nitrogen and oxygen atoms in total. The van der Waals surface area contributed by atoms with E-state index >= 15 is 0 Å². The zero-order chi connectivity index (χ0) is 13.7. The van der Waals surface area contributed by atoms with Gasteiger partial charge in [-0.2, -0.15) is 16.9 Å². The molecule has 1 saturated carbocycles. The maximum Gasteiger partial charge on any atom is 0.158 e. The van der Waals surface area contributed by atoms with Crippen molar-refractivity contribution in [3.63, 3.8) is 0 Å². The molecule has 0 radical (unpaired) electrons. The van der Waals surface area contributed by atoms with Crippen LogP contribution < -0.4 is 4.90 Å². The van der Waals surface area contributed by atoms with Crippen molar-refractivity contribution in [2.24, 2.45) is 7.05 Å². The van der Waals surface area contributed by atoms with Gasteiger partial charge in [-0.15, -0.1) is 0 Å². The van der Waals surface area contributed by atoms with Gasteiger partial charge in [0.15, 0.2) is 5.82 Å². The van der Waals surface area contributed by atoms with Crippen molar-refractivity contribution in [2.45, 2.75) is 25.7 Å². The molecule has 0 N–H and O–H groups in total. The van der Waals surface area contributed by atoms with E-state index in [2.05, 4.69) is 10.00 Å². The molecular weight excluding hydrogens is 270 g/mol. The van der Waals surface area contributed by atoms with Gasteiger partial charge in [0.1, 0.15) is 16.9 Å². The summed E-state index contributed by atoms with van der Waals surface area (Å²) in [5.74, 6) is 5.07. The molecule has 0 aromatic carbocycles. The number of rotatable bonds is 2. The van der Waals surface area contributed by atoms with Crippen LogP contribution in [0.4, 0.5) is 5.82 Å². The van der Waals surface area contributed by atoms with Crippen LogP contribution in [0.15, 0.2) is 0 Å². The van der Waals surface area contributed by atoms with Gasteiger partial charge in [0.25, 0.3) is 0 Å². The Hall–Kier alpha value is -1.30. The third-order valence-electron chi connectivity index (χ3n) is 4.10. The number of fused-ring (bicyclic) bond motifs is 1. The van der Waals surface area contributed by atoms with Gasteiger partial charge in [-0.1, -0.05) is 0 Å². The Morgan fingerprint density at radius 1 is 1.15 bits per heavy atom. The predicted octanol–water partition coefficient (Wildman–Crippen LogP) is 2.10. The maximum atomic E-state index is 4.91. The molecule has 1 aliphatic heterocycles. The lowest BCUT2D eigenvalue weighted by atomic mass is 10.3. The van der Waals surface area contributed by atoms with E-state index in [4.69, 9.17) is 9.97 Å². The fourth-order valence-corrected chi connectivity index (χ4v) is 3.76. The van der Waals surface area contributed by atoms with Crippen LogP contribution in [0.2, 0.25) is 0 Å². The number of hydrogen-bond donors (Lipinski definition) is 0. The minimum atomic E-state index is 0.580. The number of hydrogen-bond acceptors (Lipinski definition) is 5. The van der Waals surface area contributed by atoms with E-state index in [1.807, 2.05) is 30.4 Å². The molecule has 1 saturated heterocycles. The Bertz CT molecular complexity index is 655. The second-order valence-electron chi connectivity index (χ2n) is 5.69. The first-order valence-electron chi connectivity index (χ1n) is 7.28. The van der Waals surface area contributed by atoms with Gasteiger partial charge in [0, 0.05) is 37.6 Å². The van der Waals surface area contributed by atoms with E-state index in [1.54, 1.807) is 0 Å². The molecule has 2 aromatic heterocycles. The van der Waals surface area contributed by atoms with E-state index in [0.29, 0.717) is 5.92 Å². The molecule has 2 aromatic rings. The summed E-state index contributed by atoms with van der Waals surface area (Å²) in [7, 11) is 2.00. The van der Waals surface area contributed by atoms with Gasteiger partial charge < -0.3 is 4.90 Å². The van der Waals surface area contributed by atoms with Crippen LogP contribution in [0.5, 0.6) is 0 Å². The highest BCUT2D eigenvalue weighted by molar-refractivity contribution is 7.99. The molecule has 106 valence electrons. The highest BCUT2D eigenvalue weighted by atomic mass is 32.2. The first kappa shape index (κ1) is 12.4. The minimum absolute atomic E-state index is 0.580. The van der Waals surface area contributed by atoms with Crippen molar-refractivity contribution in [3.8, 4) is 0 Å². The molecule has 0 amide bonds. The van der Waals surface area contributed by atoms with Crippen molar-refractivity contribution < 1.29 is 0 Å². The van der Waals surface area contributed by atoms with Gasteiger partial charge in [-0.25, -0.2) is 9.97 Å². The normalized spacial score (nSPS) is 19.8. The van der Waals surface area contributed by atoms with Gasteiger partial charge in [-0.05, 0) is 19.8 Å². The van der Waals surface area contributed by atoms with E-state index in [0.717, 1.165) is 41.5 Å². The Morgan fingerprint density at radius 2 is 1.90 bits per heavy atom. The number of anilines is 1. The van der Waals surface area contributed by atoms with Crippen LogP contribution in [0.25, 0.3) is 11.0 Å². The van der Waals surface area contributed by atoms with Crippen molar-refractivity contribution in [1.82, 2.24) is 19.7 Å². The fraction of sp³-hybridized carbons (Fsp3) is 0.643. The van der Waals surface area contributed by atoms with Crippen LogP contribution in [0.1, 0.15) is 30.3 Å². The summed E-state index contributed by atoms with van der Waals surface area (Å²) in [5.41, 5.74) is 3.15. The highest BCUT2D eigenvalue weighted by Crippen LogP contribution is 2.40. The lowest BCUT2D eigenvalue weighted by Gasteiger charge is -2.28. The maximum absolute atomic E-state index is 4.91. The molecule has 3 heterocycles. The van der Waals surface area contributed by atoms with Crippen LogP contribution in [-0.4, -0.2) is 44.3 Å². The Kier molecular flexibility index (Phi) is 2.87. The van der Waals surface area contributed by atoms with Gasteiger partial charge in [0.2, 0.25) is 0 Å². The highest BCUT2D eigenvalue weighted by Gasteiger charge is 2.30. The topological polar surface area (TPSA) is 46.8 Å². The molecule has 0 atom stereocenters. The first-order valence-corrected chi connectivity index (χ1v) is 8.43. The van der Waals surface area contributed by atoms with Crippen molar-refractivity contribution in [2.75, 3.05) is 29.5 Å². The zero-order valence-electron chi connectivity index (χ0n) is 12.0. The standard InChI is InChI=1S/C14H19N5S/c1-9-11-12(18(2)17-9)14(19-5-7-20-8-6-19)16-13(15-11)10-3-4-10/h10H,3-8H2,1-2H3. The van der Waals surface area contributed by atoms with Crippen LogP contribution >= 0.6 is 11.8 Å². The third kappa shape index (κ3) is 1.97. The third-order valence-corrected chi connectivity index (χ3v) is 5.04. The van der Waals surface area contributed by atoms with E-state index in [1.165, 1.54) is 24.3 Å². The molecule has 4 rings (SSSR count). The molecule has 6 heteroatoms. The largest absolute Gasteiger partial charge is 0.353 e. The van der Waals surface area contributed by atoms with E-state index in [9.17, 15) is 0 Å². The molecular formula is C14H19N5S. The Labute approximate surface area is 122 Å². The average Bonchev–Trinajstić information content (AvgIpc) is 3.27. The van der Waals surface area contributed by atoms with Crippen molar-refractivity contribution in [3.05, 3.63) is 11.5 Å². The summed E-state index contributed by atoms with van der Waals surface area (Å²) < 4.78 is 1.94. The zero-order valence-corrected chi connectivity index (χ0v) is 12.8. The summed E-state index contributed by atoms with van der Waals surface area (Å²) in [6.45, 7) is 4.19. The number of aromatic nitrogens is 4. The van der Waals surface area contributed by atoms with Gasteiger partial charge in [-0.3, -0.25) is 4.68 Å². The molecule has 20 heavy (non-hydrogen) atoms. The molecule has 0 bridgehead atoms.